The molecule has 0 saturated heterocycles. The largest absolute Gasteiger partial charge is 0.339 e. The molecule has 9 nitrogen and oxygen atoms in total. The molecular weight excluding hydrogens is 420 g/mol. The van der Waals surface area contributed by atoms with Crippen LogP contribution in [0.5, 0.6) is 0 Å². The van der Waals surface area contributed by atoms with Gasteiger partial charge in [0, 0.05) is 25.1 Å². The van der Waals surface area contributed by atoms with Crippen LogP contribution in [0.2, 0.25) is 5.28 Å². The Hall–Kier alpha value is -3.20. The van der Waals surface area contributed by atoms with Crippen molar-refractivity contribution in [2.24, 2.45) is 0 Å². The van der Waals surface area contributed by atoms with Crippen LogP contribution >= 0.6 is 11.6 Å². The van der Waals surface area contributed by atoms with Crippen LogP contribution in [0.15, 0.2) is 44.4 Å². The topological polar surface area (TPSA) is 112 Å². The summed E-state index contributed by atoms with van der Waals surface area (Å²) in [5, 5.41) is 4.09. The molecule has 0 radical (unpaired) electrons. The molecule has 4 aromatic rings. The molecule has 3 heterocycles. The predicted molar refractivity (Wildman–Crippen MR) is 117 cm³/mol. The fraction of sp³-hybridized carbons (Fsp3) is 0.381. The molecule has 0 atom stereocenters. The molecule has 162 valence electrons. The predicted octanol–water partition coefficient (Wildman–Crippen LogP) is 3.41. The number of hydrogen-bond acceptors (Lipinski definition) is 6. The van der Waals surface area contributed by atoms with Crippen molar-refractivity contribution in [1.82, 2.24) is 29.2 Å². The highest BCUT2D eigenvalue weighted by molar-refractivity contribution is 6.28. The first-order valence-corrected chi connectivity index (χ1v) is 10.7. The lowest BCUT2D eigenvalue weighted by Gasteiger charge is -2.10. The average molecular weight is 443 g/mol. The lowest BCUT2D eigenvalue weighted by Crippen LogP contribution is -2.40. The summed E-state index contributed by atoms with van der Waals surface area (Å²) >= 11 is 5.97. The normalized spacial score (nSPS) is 11.4. The van der Waals surface area contributed by atoms with Crippen molar-refractivity contribution in [3.05, 3.63) is 62.3 Å². The van der Waals surface area contributed by atoms with Gasteiger partial charge < -0.3 is 9.51 Å². The second kappa shape index (κ2) is 9.30. The van der Waals surface area contributed by atoms with Crippen molar-refractivity contribution in [2.75, 3.05) is 0 Å². The summed E-state index contributed by atoms with van der Waals surface area (Å²) in [5.41, 5.74) is 0.598. The van der Waals surface area contributed by atoms with Crippen LogP contribution in [0, 0.1) is 0 Å². The summed E-state index contributed by atoms with van der Waals surface area (Å²) in [6, 6.07) is 9.53. The number of aromatic amines is 1. The van der Waals surface area contributed by atoms with Crippen LogP contribution in [0.3, 0.4) is 0 Å². The first-order chi connectivity index (χ1) is 15.1. The molecule has 0 aliphatic carbocycles. The number of hydrogen-bond donors (Lipinski definition) is 1. The van der Waals surface area contributed by atoms with Crippen molar-refractivity contribution < 1.29 is 4.52 Å². The quantitative estimate of drug-likeness (QED) is 0.314. The van der Waals surface area contributed by atoms with E-state index < -0.39 is 5.56 Å². The Morgan fingerprint density at radius 2 is 1.81 bits per heavy atom. The van der Waals surface area contributed by atoms with Gasteiger partial charge in [0.2, 0.25) is 17.0 Å². The van der Waals surface area contributed by atoms with E-state index in [9.17, 15) is 9.59 Å². The Balaban J connectivity index is 1.54. The van der Waals surface area contributed by atoms with E-state index in [0.717, 1.165) is 24.8 Å². The van der Waals surface area contributed by atoms with Gasteiger partial charge in [0.15, 0.2) is 11.2 Å². The fourth-order valence-corrected chi connectivity index (χ4v) is 3.68. The van der Waals surface area contributed by atoms with E-state index in [1.54, 1.807) is 0 Å². The van der Waals surface area contributed by atoms with Crippen LogP contribution in [0.4, 0.5) is 0 Å². The molecular formula is C21H23ClN6O3. The second-order valence-electron chi connectivity index (χ2n) is 7.31. The number of halogens is 1. The van der Waals surface area contributed by atoms with E-state index >= 15 is 0 Å². The minimum Gasteiger partial charge on any atom is -0.339 e. The molecule has 1 N–H and O–H groups in total. The number of rotatable bonds is 9. The number of nitrogens with one attached hydrogen (secondary N) is 1. The number of imidazole rings is 1. The summed E-state index contributed by atoms with van der Waals surface area (Å²) in [4.78, 5) is 37.2. The maximum absolute atomic E-state index is 13.0. The third kappa shape index (κ3) is 4.46. The Labute approximate surface area is 182 Å². The molecule has 0 saturated carbocycles. The van der Waals surface area contributed by atoms with Crippen molar-refractivity contribution in [3.63, 3.8) is 0 Å². The zero-order valence-electron chi connectivity index (χ0n) is 17.2. The zero-order chi connectivity index (χ0) is 21.8. The first kappa shape index (κ1) is 21.0. The summed E-state index contributed by atoms with van der Waals surface area (Å²) < 4.78 is 8.06. The highest BCUT2D eigenvalue weighted by Gasteiger charge is 2.17. The van der Waals surface area contributed by atoms with Crippen LogP contribution in [-0.4, -0.2) is 29.2 Å². The second-order valence-corrected chi connectivity index (χ2v) is 7.66. The van der Waals surface area contributed by atoms with E-state index in [-0.39, 0.29) is 23.0 Å². The first-order valence-electron chi connectivity index (χ1n) is 10.4. The van der Waals surface area contributed by atoms with E-state index in [2.05, 4.69) is 27.0 Å². The molecule has 0 fully saturated rings. The average Bonchev–Trinajstić information content (AvgIpc) is 3.40. The van der Waals surface area contributed by atoms with Crippen LogP contribution in [-0.2, 0) is 19.5 Å². The molecule has 0 unspecified atom stereocenters. The maximum atomic E-state index is 13.0. The molecule has 0 spiro atoms. The van der Waals surface area contributed by atoms with Gasteiger partial charge in [-0.05, 0) is 24.4 Å². The highest BCUT2D eigenvalue weighted by atomic mass is 35.5. The van der Waals surface area contributed by atoms with Gasteiger partial charge in [0.1, 0.15) is 0 Å². The lowest BCUT2D eigenvalue weighted by molar-refractivity contribution is 0.371. The van der Waals surface area contributed by atoms with Crippen molar-refractivity contribution in [2.45, 2.75) is 52.1 Å². The smallest absolute Gasteiger partial charge is 0.332 e. The third-order valence-corrected chi connectivity index (χ3v) is 5.27. The number of fused-ring (bicyclic) bond motifs is 1. The molecule has 0 aliphatic heterocycles. The van der Waals surface area contributed by atoms with E-state index in [1.165, 1.54) is 9.13 Å². The van der Waals surface area contributed by atoms with Crippen molar-refractivity contribution in [1.29, 1.82) is 0 Å². The zero-order valence-corrected chi connectivity index (χ0v) is 17.9. The number of unbranched alkanes of at least 4 members (excludes halogenated alkanes) is 2. The van der Waals surface area contributed by atoms with E-state index in [0.29, 0.717) is 36.7 Å². The van der Waals surface area contributed by atoms with Crippen LogP contribution < -0.4 is 11.2 Å². The number of aryl methyl sites for hydroxylation is 2. The minimum atomic E-state index is -0.429. The number of nitrogens with zero attached hydrogens (tertiary/aromatic N) is 5. The monoisotopic (exact) mass is 442 g/mol. The van der Waals surface area contributed by atoms with Gasteiger partial charge in [-0.2, -0.15) is 9.97 Å². The van der Waals surface area contributed by atoms with Gasteiger partial charge in [-0.15, -0.1) is 0 Å². The molecule has 31 heavy (non-hydrogen) atoms. The maximum Gasteiger partial charge on any atom is 0.332 e. The van der Waals surface area contributed by atoms with E-state index in [1.807, 2.05) is 30.3 Å². The summed E-state index contributed by atoms with van der Waals surface area (Å²) in [7, 11) is 0. The number of aromatic nitrogens is 6. The van der Waals surface area contributed by atoms with Gasteiger partial charge in [-0.1, -0.05) is 55.3 Å². The fourth-order valence-electron chi connectivity index (χ4n) is 3.51. The van der Waals surface area contributed by atoms with Crippen molar-refractivity contribution >= 4 is 22.8 Å². The molecule has 0 aliphatic rings. The third-order valence-electron chi connectivity index (χ3n) is 5.09. The SMILES string of the molecule is CCCCCn1c(=O)n(CCCc2nc(-c3ccccc3)no2)c(=O)c2[nH]c(Cl)nc21. The van der Waals surface area contributed by atoms with Gasteiger partial charge in [0.25, 0.3) is 5.56 Å². The minimum absolute atomic E-state index is 0.0905. The van der Waals surface area contributed by atoms with Gasteiger partial charge in [-0.25, -0.2) is 4.79 Å². The van der Waals surface area contributed by atoms with E-state index in [4.69, 9.17) is 16.1 Å². The molecule has 3 aromatic heterocycles. The summed E-state index contributed by atoms with van der Waals surface area (Å²) in [6.45, 7) is 2.79. The Morgan fingerprint density at radius 3 is 2.58 bits per heavy atom. The molecule has 4 rings (SSSR count). The summed E-state index contributed by atoms with van der Waals surface area (Å²) in [6.07, 6.45) is 3.76. The van der Waals surface area contributed by atoms with Gasteiger partial charge in [0.05, 0.1) is 0 Å². The lowest BCUT2D eigenvalue weighted by atomic mass is 10.2. The Bertz CT molecular complexity index is 1290. The Kier molecular flexibility index (Phi) is 6.31. The molecule has 0 amide bonds. The molecule has 1 aromatic carbocycles. The summed E-state index contributed by atoms with van der Waals surface area (Å²) in [5.74, 6) is 0.973. The van der Waals surface area contributed by atoms with Gasteiger partial charge in [-0.3, -0.25) is 13.9 Å². The Morgan fingerprint density at radius 1 is 1.03 bits per heavy atom. The molecule has 10 heteroatoms. The highest BCUT2D eigenvalue weighted by Crippen LogP contribution is 2.15. The van der Waals surface area contributed by atoms with Crippen LogP contribution in [0.1, 0.15) is 38.5 Å². The standard InChI is InChI=1S/C21H23ClN6O3/c1-2-3-7-12-27-18-16(24-20(22)25-18)19(29)28(21(27)30)13-8-11-15-23-17(26-31-15)14-9-5-4-6-10-14/h4-6,9-10H,2-3,7-8,11-13H2,1H3,(H,24,25). The number of H-pyrrole nitrogens is 1. The molecule has 0 bridgehead atoms. The van der Waals surface area contributed by atoms with Gasteiger partial charge >= 0.3 is 5.69 Å². The number of benzene rings is 1. The van der Waals surface area contributed by atoms with Crippen molar-refractivity contribution in [3.8, 4) is 11.4 Å². The van der Waals surface area contributed by atoms with Crippen LogP contribution in [0.25, 0.3) is 22.6 Å².